The van der Waals surface area contributed by atoms with Gasteiger partial charge in [0, 0.05) is 12.2 Å². The highest BCUT2D eigenvalue weighted by atomic mass is 16.6. The van der Waals surface area contributed by atoms with Crippen molar-refractivity contribution in [2.45, 2.75) is 57.8 Å². The largest absolute Gasteiger partial charge is 0.485 e. The number of benzene rings is 5. The van der Waals surface area contributed by atoms with E-state index in [4.69, 9.17) is 18.9 Å². The summed E-state index contributed by atoms with van der Waals surface area (Å²) in [6.45, 7) is 3.23. The van der Waals surface area contributed by atoms with Crippen LogP contribution in [0, 0.1) is 0 Å². The third kappa shape index (κ3) is 8.31. The molecule has 0 aliphatic rings. The normalized spacial score (nSPS) is 12.4. The number of aryl methyl sites for hydroxylation is 1. The van der Waals surface area contributed by atoms with Crippen LogP contribution >= 0.6 is 0 Å². The molecule has 0 radical (unpaired) electrons. The molecule has 5 nitrogen and oxygen atoms in total. The van der Waals surface area contributed by atoms with Crippen molar-refractivity contribution < 1.29 is 23.7 Å². The number of para-hydroxylation sites is 1. The van der Waals surface area contributed by atoms with Crippen molar-refractivity contribution in [3.63, 3.8) is 0 Å². The van der Waals surface area contributed by atoms with Crippen molar-refractivity contribution in [3.8, 4) is 11.5 Å². The van der Waals surface area contributed by atoms with Crippen molar-refractivity contribution in [3.05, 3.63) is 144 Å². The molecule has 5 heteroatoms. The van der Waals surface area contributed by atoms with Crippen LogP contribution in [-0.4, -0.2) is 19.7 Å². The van der Waals surface area contributed by atoms with Gasteiger partial charge in [-0.15, -0.1) is 0 Å². The molecule has 0 aliphatic heterocycles. The van der Waals surface area contributed by atoms with Crippen molar-refractivity contribution in [2.24, 2.45) is 0 Å². The van der Waals surface area contributed by atoms with E-state index in [0.717, 1.165) is 76.6 Å². The highest BCUT2D eigenvalue weighted by molar-refractivity contribution is 5.92. The molecular formula is C40H42O5. The van der Waals surface area contributed by atoms with E-state index in [1.54, 1.807) is 0 Å². The number of unbranched alkanes of at least 4 members (excludes halogenated alkanes) is 3. The average Bonchev–Trinajstić information content (AvgIpc) is 3.09. The number of fused-ring (bicyclic) bond motifs is 1. The number of carbonyl (C=O) groups is 1. The highest BCUT2D eigenvalue weighted by Crippen LogP contribution is 2.35. The maximum Gasteiger partial charge on any atom is 0.342 e. The summed E-state index contributed by atoms with van der Waals surface area (Å²) in [4.78, 5) is 13.0. The smallest absolute Gasteiger partial charge is 0.342 e. The van der Waals surface area contributed by atoms with Gasteiger partial charge in [0.2, 0.25) is 0 Å². The Labute approximate surface area is 266 Å². The lowest BCUT2D eigenvalue weighted by atomic mass is 9.90. The molecule has 0 unspecified atom stereocenters. The minimum atomic E-state index is -1.18. The van der Waals surface area contributed by atoms with Crippen LogP contribution in [0.25, 0.3) is 10.8 Å². The van der Waals surface area contributed by atoms with Crippen LogP contribution in [-0.2, 0) is 39.5 Å². The van der Waals surface area contributed by atoms with E-state index < -0.39 is 11.6 Å². The van der Waals surface area contributed by atoms with Crippen molar-refractivity contribution in [1.82, 2.24) is 0 Å². The lowest BCUT2D eigenvalue weighted by Crippen LogP contribution is -2.37. The minimum Gasteiger partial charge on any atom is -0.485 e. The van der Waals surface area contributed by atoms with E-state index in [2.05, 4.69) is 30.3 Å². The van der Waals surface area contributed by atoms with Gasteiger partial charge in [-0.25, -0.2) is 4.79 Å². The lowest BCUT2D eigenvalue weighted by molar-refractivity contribution is -0.169. The van der Waals surface area contributed by atoms with Gasteiger partial charge >= 0.3 is 5.97 Å². The lowest BCUT2D eigenvalue weighted by Gasteiger charge is -2.29. The standard InChI is InChI=1S/C40H42O5/c1-40(39(41)42-2,36-26-15-23-33-21-12-13-25-35(33)36)45-28-14-4-3-11-22-34-24-16-27-37(43-29-31-17-7-5-8-18-31)38(34)44-30-32-19-9-6-10-20-32/h5-10,12-13,15-21,23-27H,3-4,11,14,22,28-30H2,1-2H3/t40-/m0/s1. The van der Waals surface area contributed by atoms with Crippen LogP contribution in [0.5, 0.6) is 11.5 Å². The Bertz CT molecular complexity index is 1640. The zero-order valence-corrected chi connectivity index (χ0v) is 26.2. The molecule has 0 spiro atoms. The molecular weight excluding hydrogens is 560 g/mol. The number of hydrogen-bond acceptors (Lipinski definition) is 5. The molecule has 0 bridgehead atoms. The van der Waals surface area contributed by atoms with Crippen LogP contribution < -0.4 is 9.47 Å². The molecule has 5 aromatic carbocycles. The van der Waals surface area contributed by atoms with E-state index in [1.165, 1.54) is 7.11 Å². The molecule has 0 N–H and O–H groups in total. The molecule has 0 heterocycles. The van der Waals surface area contributed by atoms with Gasteiger partial charge in [-0.05, 0) is 59.7 Å². The van der Waals surface area contributed by atoms with Gasteiger partial charge in [0.15, 0.2) is 17.1 Å². The summed E-state index contributed by atoms with van der Waals surface area (Å²) in [6.07, 6.45) is 4.73. The number of hydrogen-bond donors (Lipinski definition) is 0. The zero-order valence-electron chi connectivity index (χ0n) is 26.2. The Balaban J connectivity index is 1.17. The Morgan fingerprint density at radius 3 is 2.00 bits per heavy atom. The Kier molecular flexibility index (Phi) is 11.3. The number of ether oxygens (including phenoxy) is 4. The van der Waals surface area contributed by atoms with Gasteiger partial charge in [0.05, 0.1) is 7.11 Å². The van der Waals surface area contributed by atoms with Crippen molar-refractivity contribution in [2.75, 3.05) is 13.7 Å². The minimum absolute atomic E-state index is 0.392. The molecule has 232 valence electrons. The monoisotopic (exact) mass is 602 g/mol. The molecule has 0 fully saturated rings. The molecule has 0 saturated heterocycles. The third-order valence-corrected chi connectivity index (χ3v) is 8.13. The maximum absolute atomic E-state index is 13.0. The second kappa shape index (κ2) is 15.9. The second-order valence-electron chi connectivity index (χ2n) is 11.4. The molecule has 0 aliphatic carbocycles. The molecule has 45 heavy (non-hydrogen) atoms. The molecule has 0 saturated carbocycles. The summed E-state index contributed by atoms with van der Waals surface area (Å²) in [5.41, 5.74) is 3.01. The quantitative estimate of drug-likeness (QED) is 0.0833. The molecule has 1 atom stereocenters. The summed E-state index contributed by atoms with van der Waals surface area (Å²) >= 11 is 0. The van der Waals surface area contributed by atoms with Gasteiger partial charge in [-0.3, -0.25) is 0 Å². The first-order chi connectivity index (χ1) is 22.1. The van der Waals surface area contributed by atoms with Crippen LogP contribution in [0.2, 0.25) is 0 Å². The fraction of sp³-hybridized carbons (Fsp3) is 0.275. The number of carbonyl (C=O) groups excluding carboxylic acids is 1. The highest BCUT2D eigenvalue weighted by Gasteiger charge is 2.38. The fourth-order valence-electron chi connectivity index (χ4n) is 5.63. The van der Waals surface area contributed by atoms with Gasteiger partial charge < -0.3 is 18.9 Å². The van der Waals surface area contributed by atoms with Gasteiger partial charge in [0.25, 0.3) is 0 Å². The van der Waals surface area contributed by atoms with Gasteiger partial charge in [0.1, 0.15) is 13.2 Å². The predicted molar refractivity (Wildman–Crippen MR) is 179 cm³/mol. The Morgan fingerprint density at radius 1 is 0.644 bits per heavy atom. The molecule has 5 aromatic rings. The fourth-order valence-corrected chi connectivity index (χ4v) is 5.63. The van der Waals surface area contributed by atoms with Crippen molar-refractivity contribution >= 4 is 16.7 Å². The summed E-state index contributed by atoms with van der Waals surface area (Å²) in [5, 5.41) is 2.06. The SMILES string of the molecule is COC(=O)[C@@](C)(OCCCCCCc1cccc(OCc2ccccc2)c1OCc1ccccc1)c1cccc2ccccc12. The number of rotatable bonds is 16. The Morgan fingerprint density at radius 2 is 1.27 bits per heavy atom. The Hall–Kier alpha value is -4.61. The van der Waals surface area contributed by atoms with E-state index in [9.17, 15) is 4.79 Å². The zero-order chi connectivity index (χ0) is 31.3. The van der Waals surface area contributed by atoms with Crippen LogP contribution in [0.15, 0.2) is 121 Å². The van der Waals surface area contributed by atoms with E-state index in [1.807, 2.05) is 97.9 Å². The van der Waals surface area contributed by atoms with Gasteiger partial charge in [-0.2, -0.15) is 0 Å². The first kappa shape index (κ1) is 31.8. The van der Waals surface area contributed by atoms with E-state index >= 15 is 0 Å². The van der Waals surface area contributed by atoms with Crippen LogP contribution in [0.4, 0.5) is 0 Å². The second-order valence-corrected chi connectivity index (χ2v) is 11.4. The summed E-state index contributed by atoms with van der Waals surface area (Å²) < 4.78 is 24.1. The number of methoxy groups -OCH3 is 1. The van der Waals surface area contributed by atoms with E-state index in [-0.39, 0.29) is 0 Å². The topological polar surface area (TPSA) is 54.0 Å². The molecule has 5 rings (SSSR count). The summed E-state index contributed by atoms with van der Waals surface area (Å²) in [6, 6.07) is 40.5. The van der Waals surface area contributed by atoms with Gasteiger partial charge in [-0.1, -0.05) is 128 Å². The third-order valence-electron chi connectivity index (χ3n) is 8.13. The van der Waals surface area contributed by atoms with Crippen LogP contribution in [0.1, 0.15) is 54.9 Å². The first-order valence-corrected chi connectivity index (χ1v) is 15.7. The van der Waals surface area contributed by atoms with E-state index in [0.29, 0.717) is 19.8 Å². The number of esters is 1. The first-order valence-electron chi connectivity index (χ1n) is 15.7. The average molecular weight is 603 g/mol. The molecule has 0 amide bonds. The molecule has 0 aromatic heterocycles. The van der Waals surface area contributed by atoms with Crippen molar-refractivity contribution in [1.29, 1.82) is 0 Å². The predicted octanol–water partition coefficient (Wildman–Crippen LogP) is 9.21. The summed E-state index contributed by atoms with van der Waals surface area (Å²) in [5.74, 6) is 1.18. The van der Waals surface area contributed by atoms with Crippen LogP contribution in [0.3, 0.4) is 0 Å². The summed E-state index contributed by atoms with van der Waals surface area (Å²) in [7, 11) is 1.41. The maximum atomic E-state index is 13.0.